The predicted octanol–water partition coefficient (Wildman–Crippen LogP) is 2.29. The molecule has 2 aliphatic heterocycles. The van der Waals surface area contributed by atoms with E-state index in [1.165, 1.54) is 0 Å². The Kier molecular flexibility index (Phi) is 7.42. The molecule has 1 saturated heterocycles. The molecule has 1 amide bonds. The monoisotopic (exact) mass is 441 g/mol. The fraction of sp³-hybridized carbons (Fsp3) is 0.391. The van der Waals surface area contributed by atoms with E-state index < -0.39 is 0 Å². The smallest absolute Gasteiger partial charge is 0.271 e. The third-order valence-electron chi connectivity index (χ3n) is 5.05. The molecule has 9 heteroatoms. The van der Waals surface area contributed by atoms with Crippen LogP contribution in [0.1, 0.15) is 22.8 Å². The van der Waals surface area contributed by atoms with Gasteiger partial charge in [-0.1, -0.05) is 0 Å². The number of carbonyl (C=O) groups is 1. The molecule has 2 aromatic carbocycles. The zero-order valence-electron chi connectivity index (χ0n) is 18.0. The van der Waals surface area contributed by atoms with E-state index in [0.717, 1.165) is 38.4 Å². The highest BCUT2D eigenvalue weighted by molar-refractivity contribution is 5.95. The van der Waals surface area contributed by atoms with E-state index in [1.54, 1.807) is 24.4 Å². The number of nitrogens with zero attached hydrogens (tertiary/aromatic N) is 2. The lowest BCUT2D eigenvalue weighted by molar-refractivity contribution is 0.0321. The second kappa shape index (κ2) is 10.8. The molecule has 0 atom stereocenters. The van der Waals surface area contributed by atoms with Gasteiger partial charge in [-0.25, -0.2) is 5.43 Å². The van der Waals surface area contributed by atoms with Crippen molar-refractivity contribution in [3.8, 4) is 23.0 Å². The van der Waals surface area contributed by atoms with Crippen molar-refractivity contribution in [3.63, 3.8) is 0 Å². The Morgan fingerprint density at radius 2 is 1.94 bits per heavy atom. The summed E-state index contributed by atoms with van der Waals surface area (Å²) in [6, 6.07) is 10.5. The highest BCUT2D eigenvalue weighted by Crippen LogP contribution is 2.32. The molecular weight excluding hydrogens is 414 g/mol. The summed E-state index contributed by atoms with van der Waals surface area (Å²) in [4.78, 5) is 14.6. The minimum atomic E-state index is -0.340. The van der Waals surface area contributed by atoms with Crippen LogP contribution in [0.15, 0.2) is 41.5 Å². The van der Waals surface area contributed by atoms with Gasteiger partial charge >= 0.3 is 0 Å². The molecule has 0 unspecified atom stereocenters. The van der Waals surface area contributed by atoms with E-state index in [4.69, 9.17) is 23.7 Å². The van der Waals surface area contributed by atoms with Crippen molar-refractivity contribution in [2.75, 3.05) is 52.9 Å². The topological polar surface area (TPSA) is 90.9 Å². The van der Waals surface area contributed by atoms with Crippen LogP contribution in [0.3, 0.4) is 0 Å². The number of hydrogen-bond donors (Lipinski definition) is 1. The summed E-state index contributed by atoms with van der Waals surface area (Å²) < 4.78 is 27.6. The standard InChI is InChI=1S/C23H27N3O6/c1-2-29-21-13-17(3-5-19(21)30-12-9-26-7-10-28-11-8-26)15-24-25-23(27)18-4-6-20-22(14-18)32-16-31-20/h3-6,13-15H,2,7-12,16H2,1H3,(H,25,27)/b24-15-. The second-order valence-electron chi connectivity index (χ2n) is 7.21. The zero-order valence-corrected chi connectivity index (χ0v) is 18.0. The molecule has 4 rings (SSSR count). The molecule has 0 aromatic heterocycles. The molecule has 9 nitrogen and oxygen atoms in total. The van der Waals surface area contributed by atoms with Crippen LogP contribution < -0.4 is 24.4 Å². The van der Waals surface area contributed by atoms with Crippen molar-refractivity contribution in [2.45, 2.75) is 6.92 Å². The Morgan fingerprint density at radius 3 is 2.78 bits per heavy atom. The molecule has 170 valence electrons. The average molecular weight is 441 g/mol. The van der Waals surface area contributed by atoms with Gasteiger partial charge in [-0.15, -0.1) is 0 Å². The van der Waals surface area contributed by atoms with Gasteiger partial charge in [-0.3, -0.25) is 9.69 Å². The van der Waals surface area contributed by atoms with Gasteiger partial charge in [0.1, 0.15) is 6.61 Å². The Balaban J connectivity index is 1.33. The Labute approximate surface area is 186 Å². The number of carbonyl (C=O) groups excluding carboxylic acids is 1. The van der Waals surface area contributed by atoms with Crippen molar-refractivity contribution in [1.29, 1.82) is 0 Å². The first kappa shape index (κ1) is 21.9. The molecule has 2 aromatic rings. The number of benzene rings is 2. The van der Waals surface area contributed by atoms with E-state index in [9.17, 15) is 4.79 Å². The van der Waals surface area contributed by atoms with Gasteiger partial charge in [0.25, 0.3) is 5.91 Å². The molecule has 0 saturated carbocycles. The number of hydrogen-bond acceptors (Lipinski definition) is 8. The number of fused-ring (bicyclic) bond motifs is 1. The van der Waals surface area contributed by atoms with Gasteiger partial charge in [-0.05, 0) is 48.9 Å². The first-order chi connectivity index (χ1) is 15.7. The van der Waals surface area contributed by atoms with Gasteiger partial charge < -0.3 is 23.7 Å². The lowest BCUT2D eigenvalue weighted by Gasteiger charge is -2.26. The molecule has 0 bridgehead atoms. The third-order valence-corrected chi connectivity index (χ3v) is 5.05. The fourth-order valence-electron chi connectivity index (χ4n) is 3.37. The normalized spacial score (nSPS) is 15.7. The Morgan fingerprint density at radius 1 is 1.09 bits per heavy atom. The number of rotatable bonds is 9. The van der Waals surface area contributed by atoms with E-state index >= 15 is 0 Å². The van der Waals surface area contributed by atoms with Gasteiger partial charge in [0.05, 0.1) is 26.0 Å². The minimum Gasteiger partial charge on any atom is -0.490 e. The van der Waals surface area contributed by atoms with Crippen molar-refractivity contribution in [1.82, 2.24) is 10.3 Å². The third kappa shape index (κ3) is 5.68. The van der Waals surface area contributed by atoms with Gasteiger partial charge in [0, 0.05) is 25.2 Å². The van der Waals surface area contributed by atoms with Crippen LogP contribution in [0.25, 0.3) is 0 Å². The molecule has 2 heterocycles. The Bertz CT molecular complexity index is 959. The highest BCUT2D eigenvalue weighted by Gasteiger charge is 2.16. The molecule has 0 aliphatic carbocycles. The lowest BCUT2D eigenvalue weighted by atomic mass is 10.2. The summed E-state index contributed by atoms with van der Waals surface area (Å²) >= 11 is 0. The SMILES string of the molecule is CCOc1cc(/C=N\NC(=O)c2ccc3c(c2)OCO3)ccc1OCCN1CCOCC1. The zero-order chi connectivity index (χ0) is 22.2. The molecule has 0 radical (unpaired) electrons. The Hall–Kier alpha value is -3.30. The first-order valence-corrected chi connectivity index (χ1v) is 10.7. The highest BCUT2D eigenvalue weighted by atomic mass is 16.7. The maximum absolute atomic E-state index is 12.3. The quantitative estimate of drug-likeness (QED) is 0.472. The largest absolute Gasteiger partial charge is 0.490 e. The van der Waals surface area contributed by atoms with Crippen LogP contribution in [0.4, 0.5) is 0 Å². The predicted molar refractivity (Wildman–Crippen MR) is 118 cm³/mol. The summed E-state index contributed by atoms with van der Waals surface area (Å²) in [6.45, 7) is 7.39. The molecule has 32 heavy (non-hydrogen) atoms. The summed E-state index contributed by atoms with van der Waals surface area (Å²) in [6.07, 6.45) is 1.56. The van der Waals surface area contributed by atoms with Crippen LogP contribution in [-0.4, -0.2) is 69.9 Å². The van der Waals surface area contributed by atoms with E-state index in [-0.39, 0.29) is 12.7 Å². The lowest BCUT2D eigenvalue weighted by Crippen LogP contribution is -2.38. The number of amides is 1. The fourth-order valence-corrected chi connectivity index (χ4v) is 3.37. The molecule has 1 fully saturated rings. The maximum atomic E-state index is 12.3. The van der Waals surface area contributed by atoms with E-state index in [1.807, 2.05) is 25.1 Å². The van der Waals surface area contributed by atoms with Crippen LogP contribution in [0, 0.1) is 0 Å². The second-order valence-corrected chi connectivity index (χ2v) is 7.21. The summed E-state index contributed by atoms with van der Waals surface area (Å²) in [5.41, 5.74) is 3.73. The van der Waals surface area contributed by atoms with Crippen LogP contribution in [0.5, 0.6) is 23.0 Å². The number of ether oxygens (including phenoxy) is 5. The minimum absolute atomic E-state index is 0.160. The molecular formula is C23H27N3O6. The van der Waals surface area contributed by atoms with Crippen LogP contribution >= 0.6 is 0 Å². The van der Waals surface area contributed by atoms with Crippen molar-refractivity contribution in [2.24, 2.45) is 5.10 Å². The maximum Gasteiger partial charge on any atom is 0.271 e. The van der Waals surface area contributed by atoms with Crippen LogP contribution in [0.2, 0.25) is 0 Å². The first-order valence-electron chi connectivity index (χ1n) is 10.7. The van der Waals surface area contributed by atoms with Crippen molar-refractivity contribution >= 4 is 12.1 Å². The van der Waals surface area contributed by atoms with Gasteiger partial charge in [-0.2, -0.15) is 5.10 Å². The number of hydrazone groups is 1. The number of nitrogens with one attached hydrogen (secondary N) is 1. The molecule has 0 spiro atoms. The average Bonchev–Trinajstić information content (AvgIpc) is 3.29. The summed E-state index contributed by atoms with van der Waals surface area (Å²) in [5, 5.41) is 4.05. The van der Waals surface area contributed by atoms with Gasteiger partial charge in [0.15, 0.2) is 23.0 Å². The molecule has 1 N–H and O–H groups in total. The van der Waals surface area contributed by atoms with Gasteiger partial charge in [0.2, 0.25) is 6.79 Å². The number of morpholine rings is 1. The van der Waals surface area contributed by atoms with Crippen molar-refractivity contribution in [3.05, 3.63) is 47.5 Å². The molecule has 2 aliphatic rings. The van der Waals surface area contributed by atoms with Crippen molar-refractivity contribution < 1.29 is 28.5 Å². The summed E-state index contributed by atoms with van der Waals surface area (Å²) in [5.74, 6) is 2.16. The van der Waals surface area contributed by atoms with Crippen LogP contribution in [-0.2, 0) is 4.74 Å². The van der Waals surface area contributed by atoms with E-state index in [2.05, 4.69) is 15.4 Å². The van der Waals surface area contributed by atoms with E-state index in [0.29, 0.717) is 41.8 Å². The summed E-state index contributed by atoms with van der Waals surface area (Å²) in [7, 11) is 0.